The molecular weight excluding hydrogens is 299 g/mol. The van der Waals surface area contributed by atoms with Gasteiger partial charge in [0.2, 0.25) is 0 Å². The van der Waals surface area contributed by atoms with Crippen LogP contribution in [0.4, 0.5) is 4.39 Å². The van der Waals surface area contributed by atoms with Crippen LogP contribution in [0, 0.1) is 17.7 Å². The van der Waals surface area contributed by atoms with Crippen LogP contribution >= 0.6 is 0 Å². The highest BCUT2D eigenvalue weighted by molar-refractivity contribution is 5.84. The van der Waals surface area contributed by atoms with Crippen LogP contribution in [0.2, 0.25) is 0 Å². The zero-order chi connectivity index (χ0) is 16.1. The normalized spacial score (nSPS) is 27.7. The number of carbonyl (C=O) groups is 1. The van der Waals surface area contributed by atoms with E-state index in [4.69, 9.17) is 9.84 Å². The molecule has 6 heteroatoms. The molecule has 1 aromatic heterocycles. The maximum absolute atomic E-state index is 13.5. The summed E-state index contributed by atoms with van der Waals surface area (Å²) >= 11 is 0. The van der Waals surface area contributed by atoms with Crippen molar-refractivity contribution in [1.29, 1.82) is 0 Å². The molecule has 1 saturated heterocycles. The number of halogens is 1. The van der Waals surface area contributed by atoms with Crippen molar-refractivity contribution in [2.45, 2.75) is 19.1 Å². The predicted molar refractivity (Wildman–Crippen MR) is 81.8 cm³/mol. The number of hydrogen-bond acceptors (Lipinski definition) is 4. The number of carboxylic acid groups (broad SMARTS) is 1. The smallest absolute Gasteiger partial charge is 0.320 e. The standard InChI is InChI=1S/C17H17FN2O3/c1-9(17(21)22)20-7-12-13(8-20)16(12)23-15-4-5-19-14-3-2-10(18)6-11(14)15/h2-6,9,12-13,16H,7-8H2,1H3,(H,21,22). The highest BCUT2D eigenvalue weighted by atomic mass is 19.1. The van der Waals surface area contributed by atoms with Gasteiger partial charge in [0.15, 0.2) is 0 Å². The number of rotatable bonds is 4. The molecule has 0 bridgehead atoms. The lowest BCUT2D eigenvalue weighted by Crippen LogP contribution is -2.40. The van der Waals surface area contributed by atoms with Gasteiger partial charge >= 0.3 is 5.97 Å². The van der Waals surface area contributed by atoms with Gasteiger partial charge in [-0.2, -0.15) is 0 Å². The Hall–Kier alpha value is -2.21. The minimum atomic E-state index is -0.792. The molecule has 2 heterocycles. The molecule has 1 aliphatic carbocycles. The Bertz CT molecular complexity index is 770. The third-order valence-corrected chi connectivity index (χ3v) is 4.98. The molecule has 120 valence electrons. The highest BCUT2D eigenvalue weighted by Gasteiger charge is 2.59. The molecule has 1 N–H and O–H groups in total. The van der Waals surface area contributed by atoms with E-state index in [9.17, 15) is 9.18 Å². The van der Waals surface area contributed by atoms with E-state index in [-0.39, 0.29) is 11.9 Å². The molecule has 4 rings (SSSR count). The molecule has 2 aromatic rings. The number of aromatic nitrogens is 1. The Kier molecular flexibility index (Phi) is 3.23. The predicted octanol–water partition coefficient (Wildman–Crippen LogP) is 2.16. The van der Waals surface area contributed by atoms with Crippen molar-refractivity contribution in [1.82, 2.24) is 9.88 Å². The average molecular weight is 316 g/mol. The Balaban J connectivity index is 1.48. The first-order valence-electron chi connectivity index (χ1n) is 7.72. The van der Waals surface area contributed by atoms with E-state index < -0.39 is 12.0 Å². The van der Waals surface area contributed by atoms with E-state index in [2.05, 4.69) is 4.98 Å². The van der Waals surface area contributed by atoms with Crippen molar-refractivity contribution in [2.75, 3.05) is 13.1 Å². The number of benzene rings is 1. The summed E-state index contributed by atoms with van der Waals surface area (Å²) in [6.45, 7) is 3.18. The molecule has 0 amide bonds. The number of pyridine rings is 1. The molecule has 0 radical (unpaired) electrons. The summed E-state index contributed by atoms with van der Waals surface area (Å²) in [5, 5.41) is 9.75. The summed E-state index contributed by atoms with van der Waals surface area (Å²) in [5.74, 6) is 0.251. The van der Waals surface area contributed by atoms with Crippen LogP contribution in [0.5, 0.6) is 5.75 Å². The molecule has 2 fully saturated rings. The number of fused-ring (bicyclic) bond motifs is 2. The molecule has 3 atom stereocenters. The van der Waals surface area contributed by atoms with E-state index in [0.717, 1.165) is 13.1 Å². The fourth-order valence-corrected chi connectivity index (χ4v) is 3.49. The van der Waals surface area contributed by atoms with E-state index in [1.54, 1.807) is 25.3 Å². The summed E-state index contributed by atoms with van der Waals surface area (Å²) in [4.78, 5) is 17.2. The second-order valence-electron chi connectivity index (χ2n) is 6.35. The quantitative estimate of drug-likeness (QED) is 0.936. The number of nitrogens with zero attached hydrogens (tertiary/aromatic N) is 2. The van der Waals surface area contributed by atoms with Gasteiger partial charge in [-0.1, -0.05) is 0 Å². The van der Waals surface area contributed by atoms with Crippen LogP contribution in [0.15, 0.2) is 30.5 Å². The first-order chi connectivity index (χ1) is 11.0. The largest absolute Gasteiger partial charge is 0.489 e. The molecule has 2 aliphatic rings. The number of carboxylic acids is 1. The van der Waals surface area contributed by atoms with Gasteiger partial charge in [0.1, 0.15) is 23.7 Å². The molecule has 0 spiro atoms. The van der Waals surface area contributed by atoms with Gasteiger partial charge in [0.25, 0.3) is 0 Å². The number of hydrogen-bond donors (Lipinski definition) is 1. The fraction of sp³-hybridized carbons (Fsp3) is 0.412. The van der Waals surface area contributed by atoms with Crippen molar-refractivity contribution >= 4 is 16.9 Å². The van der Waals surface area contributed by atoms with E-state index in [1.165, 1.54) is 12.1 Å². The van der Waals surface area contributed by atoms with Crippen molar-refractivity contribution < 1.29 is 19.0 Å². The highest BCUT2D eigenvalue weighted by Crippen LogP contribution is 2.49. The van der Waals surface area contributed by atoms with Crippen molar-refractivity contribution in [3.05, 3.63) is 36.3 Å². The fourth-order valence-electron chi connectivity index (χ4n) is 3.49. The van der Waals surface area contributed by atoms with Crippen molar-refractivity contribution in [3.63, 3.8) is 0 Å². The zero-order valence-electron chi connectivity index (χ0n) is 12.6. The van der Waals surface area contributed by atoms with Crippen LogP contribution in [-0.4, -0.2) is 46.2 Å². The maximum atomic E-state index is 13.5. The van der Waals surface area contributed by atoms with Crippen LogP contribution in [-0.2, 0) is 4.79 Å². The summed E-state index contributed by atoms with van der Waals surface area (Å²) in [6, 6.07) is 5.76. The summed E-state index contributed by atoms with van der Waals surface area (Å²) in [5.41, 5.74) is 0.704. The first kappa shape index (κ1) is 14.4. The van der Waals surface area contributed by atoms with E-state index >= 15 is 0 Å². The van der Waals surface area contributed by atoms with Crippen LogP contribution in [0.3, 0.4) is 0 Å². The number of aliphatic carboxylic acids is 1. The molecule has 1 saturated carbocycles. The lowest BCUT2D eigenvalue weighted by molar-refractivity contribution is -0.142. The molecule has 1 aliphatic heterocycles. The Labute approximate surface area is 132 Å². The Morgan fingerprint density at radius 2 is 2.13 bits per heavy atom. The SMILES string of the molecule is CC(C(=O)O)N1CC2C(C1)C2Oc1ccnc2ccc(F)cc12. The summed E-state index contributed by atoms with van der Waals surface area (Å²) < 4.78 is 19.5. The van der Waals surface area contributed by atoms with Crippen molar-refractivity contribution in [3.8, 4) is 5.75 Å². The lowest BCUT2D eigenvalue weighted by Gasteiger charge is -2.23. The van der Waals surface area contributed by atoms with Crippen LogP contribution < -0.4 is 4.74 Å². The minimum Gasteiger partial charge on any atom is -0.489 e. The molecule has 3 unspecified atom stereocenters. The van der Waals surface area contributed by atoms with Crippen molar-refractivity contribution in [2.24, 2.45) is 11.8 Å². The average Bonchev–Trinajstić information content (AvgIpc) is 2.97. The zero-order valence-corrected chi connectivity index (χ0v) is 12.6. The Morgan fingerprint density at radius 1 is 1.39 bits per heavy atom. The second kappa shape index (κ2) is 5.16. The lowest BCUT2D eigenvalue weighted by atomic mass is 10.2. The van der Waals surface area contributed by atoms with Gasteiger partial charge < -0.3 is 9.84 Å². The minimum absolute atomic E-state index is 0.0844. The molecule has 1 aromatic carbocycles. The summed E-state index contributed by atoms with van der Waals surface area (Å²) in [6.07, 6.45) is 1.74. The van der Waals surface area contributed by atoms with Gasteiger partial charge in [-0.15, -0.1) is 0 Å². The van der Waals surface area contributed by atoms with Gasteiger partial charge in [0, 0.05) is 36.5 Å². The van der Waals surface area contributed by atoms with Gasteiger partial charge in [-0.05, 0) is 31.2 Å². The first-order valence-corrected chi connectivity index (χ1v) is 7.72. The monoisotopic (exact) mass is 316 g/mol. The van der Waals surface area contributed by atoms with Crippen LogP contribution in [0.1, 0.15) is 6.92 Å². The second-order valence-corrected chi connectivity index (χ2v) is 6.35. The van der Waals surface area contributed by atoms with Crippen LogP contribution in [0.25, 0.3) is 10.9 Å². The van der Waals surface area contributed by atoms with Gasteiger partial charge in [-0.25, -0.2) is 4.39 Å². The topological polar surface area (TPSA) is 62.7 Å². The Morgan fingerprint density at radius 3 is 2.83 bits per heavy atom. The third-order valence-electron chi connectivity index (χ3n) is 4.98. The molecular formula is C17H17FN2O3. The number of piperidine rings is 1. The van der Waals surface area contributed by atoms with Gasteiger partial charge in [0.05, 0.1) is 5.52 Å². The molecule has 23 heavy (non-hydrogen) atoms. The maximum Gasteiger partial charge on any atom is 0.320 e. The third kappa shape index (κ3) is 2.43. The molecule has 5 nitrogen and oxygen atoms in total. The van der Waals surface area contributed by atoms with E-state index in [1.807, 2.05) is 4.90 Å². The number of ether oxygens (including phenoxy) is 1. The summed E-state index contributed by atoms with van der Waals surface area (Å²) in [7, 11) is 0. The number of likely N-dealkylation sites (tertiary alicyclic amines) is 1. The van der Waals surface area contributed by atoms with E-state index in [0.29, 0.717) is 28.5 Å². The van der Waals surface area contributed by atoms with Gasteiger partial charge in [-0.3, -0.25) is 14.7 Å².